The highest BCUT2D eigenvalue weighted by molar-refractivity contribution is 5.28. The van der Waals surface area contributed by atoms with Crippen molar-refractivity contribution < 1.29 is 9.47 Å². The fourth-order valence-corrected chi connectivity index (χ4v) is 2.61. The van der Waals surface area contributed by atoms with Gasteiger partial charge in [-0.3, -0.25) is 0 Å². The highest BCUT2D eigenvalue weighted by atomic mass is 16.7. The number of hydrogen-bond acceptors (Lipinski definition) is 4. The van der Waals surface area contributed by atoms with Crippen LogP contribution in [0.4, 0.5) is 0 Å². The molecule has 2 aromatic rings. The summed E-state index contributed by atoms with van der Waals surface area (Å²) in [6, 6.07) is 11.4. The molecule has 0 amide bonds. The predicted molar refractivity (Wildman–Crippen MR) is 95.3 cm³/mol. The predicted octanol–water partition coefficient (Wildman–Crippen LogP) is 3.18. The molecule has 2 aromatic heterocycles. The highest BCUT2D eigenvalue weighted by Crippen LogP contribution is 2.31. The van der Waals surface area contributed by atoms with Gasteiger partial charge in [0.05, 0.1) is 12.2 Å². The molecule has 4 heteroatoms. The van der Waals surface area contributed by atoms with Gasteiger partial charge in [0.1, 0.15) is 11.4 Å². The van der Waals surface area contributed by atoms with Gasteiger partial charge in [-0.05, 0) is 50.0 Å². The fourth-order valence-electron chi connectivity index (χ4n) is 2.61. The number of nitrogens with zero attached hydrogens (tertiary/aromatic N) is 2. The van der Waals surface area contributed by atoms with Crippen molar-refractivity contribution in [3.05, 3.63) is 60.2 Å². The molecular formula is C21H20N2O2. The molecule has 1 aliphatic rings. The Morgan fingerprint density at radius 2 is 1.32 bits per heavy atom. The van der Waals surface area contributed by atoms with Gasteiger partial charge in [-0.15, -0.1) is 0 Å². The van der Waals surface area contributed by atoms with Crippen LogP contribution in [-0.2, 0) is 9.47 Å². The lowest BCUT2D eigenvalue weighted by Crippen LogP contribution is -2.21. The molecule has 3 rings (SSSR count). The molecule has 2 atom stereocenters. The van der Waals surface area contributed by atoms with Gasteiger partial charge < -0.3 is 9.47 Å². The van der Waals surface area contributed by atoms with Crippen molar-refractivity contribution in [2.24, 2.45) is 0 Å². The van der Waals surface area contributed by atoms with Gasteiger partial charge in [-0.1, -0.05) is 24.0 Å². The summed E-state index contributed by atoms with van der Waals surface area (Å²) in [5.74, 6) is 11.8. The summed E-state index contributed by atoms with van der Waals surface area (Å²) in [7, 11) is 0. The fraction of sp³-hybridized carbons (Fsp3) is 0.333. The van der Waals surface area contributed by atoms with Crippen molar-refractivity contribution in [2.75, 3.05) is 0 Å². The van der Waals surface area contributed by atoms with Crippen molar-refractivity contribution in [1.29, 1.82) is 0 Å². The molecule has 1 saturated heterocycles. The summed E-state index contributed by atoms with van der Waals surface area (Å²) in [5, 5.41) is 0. The van der Waals surface area contributed by atoms with Crippen molar-refractivity contribution >= 4 is 0 Å². The van der Waals surface area contributed by atoms with Gasteiger partial charge in [-0.2, -0.15) is 0 Å². The van der Waals surface area contributed by atoms with Crippen LogP contribution in [0.3, 0.4) is 0 Å². The molecule has 0 bridgehead atoms. The second-order valence-corrected chi connectivity index (χ2v) is 6.15. The van der Waals surface area contributed by atoms with E-state index in [1.165, 1.54) is 0 Å². The topological polar surface area (TPSA) is 44.2 Å². The third-order valence-electron chi connectivity index (χ3n) is 3.65. The van der Waals surface area contributed by atoms with Crippen molar-refractivity contribution in [2.45, 2.75) is 44.7 Å². The van der Waals surface area contributed by atoms with Gasteiger partial charge in [-0.25, -0.2) is 9.97 Å². The Kier molecular flexibility index (Phi) is 5.46. The van der Waals surface area contributed by atoms with E-state index >= 15 is 0 Å². The smallest absolute Gasteiger partial charge is 0.163 e. The first-order valence-corrected chi connectivity index (χ1v) is 8.28. The number of aromatic nitrogens is 2. The molecule has 1 fully saturated rings. The number of ether oxygens (including phenoxy) is 2. The van der Waals surface area contributed by atoms with Gasteiger partial charge in [0.15, 0.2) is 5.79 Å². The van der Waals surface area contributed by atoms with E-state index in [4.69, 9.17) is 9.47 Å². The van der Waals surface area contributed by atoms with Crippen LogP contribution in [0.15, 0.2) is 48.8 Å². The lowest BCUT2D eigenvalue weighted by Gasteiger charge is -2.16. The zero-order chi connectivity index (χ0) is 17.5. The molecule has 0 radical (unpaired) electrons. The van der Waals surface area contributed by atoms with Crippen LogP contribution in [0.5, 0.6) is 0 Å². The summed E-state index contributed by atoms with van der Waals surface area (Å²) in [5.41, 5.74) is 1.51. The third-order valence-corrected chi connectivity index (χ3v) is 3.65. The van der Waals surface area contributed by atoms with Gasteiger partial charge in [0, 0.05) is 25.2 Å². The Balaban J connectivity index is 1.63. The standard InChI is InChI=1S/C21H20N2O2/c1-21(2)24-19(13-7-11-17-9-3-5-15-22-17)20(25-21)14-8-12-18-10-4-6-16-23-18/h3-6,9-10,15-16,19-20H,13-14H2,1-2H3/t19-,20-/m1/s1. The summed E-state index contributed by atoms with van der Waals surface area (Å²) < 4.78 is 11.9. The Bertz CT molecular complexity index is 741. The van der Waals surface area contributed by atoms with Gasteiger partial charge in [0.25, 0.3) is 0 Å². The molecule has 0 saturated carbocycles. The van der Waals surface area contributed by atoms with E-state index < -0.39 is 5.79 Å². The molecule has 25 heavy (non-hydrogen) atoms. The third kappa shape index (κ3) is 5.16. The van der Waals surface area contributed by atoms with Crippen molar-refractivity contribution in [3.8, 4) is 23.7 Å². The van der Waals surface area contributed by atoms with E-state index in [2.05, 4.69) is 33.6 Å². The largest absolute Gasteiger partial charge is 0.344 e. The molecule has 4 nitrogen and oxygen atoms in total. The Hall–Kier alpha value is -2.66. The summed E-state index contributed by atoms with van der Waals surface area (Å²) in [6.45, 7) is 3.83. The molecular weight excluding hydrogens is 312 g/mol. The monoisotopic (exact) mass is 332 g/mol. The quantitative estimate of drug-likeness (QED) is 0.792. The van der Waals surface area contributed by atoms with Gasteiger partial charge >= 0.3 is 0 Å². The minimum absolute atomic E-state index is 0.107. The van der Waals surface area contributed by atoms with E-state index in [9.17, 15) is 0 Å². The van der Waals surface area contributed by atoms with Crippen LogP contribution in [0.25, 0.3) is 0 Å². The maximum atomic E-state index is 5.97. The second-order valence-electron chi connectivity index (χ2n) is 6.15. The van der Waals surface area contributed by atoms with E-state index in [1.807, 2.05) is 50.2 Å². The average Bonchev–Trinajstić information content (AvgIpc) is 2.91. The zero-order valence-electron chi connectivity index (χ0n) is 14.4. The zero-order valence-corrected chi connectivity index (χ0v) is 14.4. The van der Waals surface area contributed by atoms with Crippen LogP contribution in [0.1, 0.15) is 38.1 Å². The van der Waals surface area contributed by atoms with E-state index in [0.717, 1.165) is 11.4 Å². The van der Waals surface area contributed by atoms with E-state index in [1.54, 1.807) is 12.4 Å². The minimum atomic E-state index is -0.616. The number of hydrogen-bond donors (Lipinski definition) is 0. The van der Waals surface area contributed by atoms with Crippen molar-refractivity contribution in [1.82, 2.24) is 9.97 Å². The second kappa shape index (κ2) is 7.94. The van der Waals surface area contributed by atoms with E-state index in [0.29, 0.717) is 12.8 Å². The summed E-state index contributed by atoms with van der Waals surface area (Å²) in [6.07, 6.45) is 4.41. The van der Waals surface area contributed by atoms with Crippen LogP contribution in [0.2, 0.25) is 0 Å². The molecule has 0 aliphatic carbocycles. The first-order chi connectivity index (χ1) is 12.1. The lowest BCUT2D eigenvalue weighted by atomic mass is 10.1. The average molecular weight is 332 g/mol. The maximum absolute atomic E-state index is 5.97. The Morgan fingerprint density at radius 1 is 0.840 bits per heavy atom. The van der Waals surface area contributed by atoms with Gasteiger partial charge in [0.2, 0.25) is 0 Å². The molecule has 0 unspecified atom stereocenters. The normalized spacial score (nSPS) is 20.9. The Morgan fingerprint density at radius 3 is 1.72 bits per heavy atom. The number of pyridine rings is 2. The molecule has 0 N–H and O–H groups in total. The van der Waals surface area contributed by atoms with Crippen molar-refractivity contribution in [3.63, 3.8) is 0 Å². The van der Waals surface area contributed by atoms with Crippen LogP contribution in [-0.4, -0.2) is 28.0 Å². The molecule has 1 aliphatic heterocycles. The highest BCUT2D eigenvalue weighted by Gasteiger charge is 2.40. The number of rotatable bonds is 2. The molecule has 3 heterocycles. The SMILES string of the molecule is CC1(C)O[C@H](CC#Cc2ccccn2)[C@@H](CC#Cc2ccccn2)O1. The molecule has 0 aromatic carbocycles. The van der Waals surface area contributed by atoms with Crippen LogP contribution in [0, 0.1) is 23.7 Å². The summed E-state index contributed by atoms with van der Waals surface area (Å²) in [4.78, 5) is 8.40. The Labute approximate surface area is 148 Å². The van der Waals surface area contributed by atoms with Crippen LogP contribution >= 0.6 is 0 Å². The molecule has 126 valence electrons. The van der Waals surface area contributed by atoms with Crippen LogP contribution < -0.4 is 0 Å². The first kappa shape index (κ1) is 17.2. The first-order valence-electron chi connectivity index (χ1n) is 8.28. The molecule has 0 spiro atoms. The summed E-state index contributed by atoms with van der Waals surface area (Å²) >= 11 is 0. The maximum Gasteiger partial charge on any atom is 0.163 e. The lowest BCUT2D eigenvalue weighted by molar-refractivity contribution is -0.145. The minimum Gasteiger partial charge on any atom is -0.344 e. The van der Waals surface area contributed by atoms with E-state index in [-0.39, 0.29) is 12.2 Å².